The average Bonchev–Trinajstić information content (AvgIpc) is 3.65. The van der Waals surface area contributed by atoms with Crippen LogP contribution >= 0.6 is 0 Å². The Kier molecular flexibility index (Phi) is 7.65. The maximum absolute atomic E-state index is 9.62. The molecule has 0 unspecified atom stereocenters. The Morgan fingerprint density at radius 3 is 1.92 bits per heavy atom. The molecular weight excluding hydrogens is 611 g/mol. The van der Waals surface area contributed by atoms with E-state index >= 15 is 0 Å². The topological polar surface area (TPSA) is 45.7 Å². The standard InChI is InChI=1S/C46H40N3O/c1-28(2)38-25-35(34-20-18-33(19-21-34)32-12-8-7-9-13-32)26-39(29(3)4)44(38)49-41-15-11-10-14-40(41)48(6)46(49)43-30(5)16-22-37-36-23-17-31(27-47)24-42(36)50-45(37)43/h7-26,28-29H,1-6H3/q+1. The summed E-state index contributed by atoms with van der Waals surface area (Å²) in [4.78, 5) is 0. The van der Waals surface area contributed by atoms with E-state index in [1.165, 1.54) is 39.1 Å². The summed E-state index contributed by atoms with van der Waals surface area (Å²) < 4.78 is 11.5. The lowest BCUT2D eigenvalue weighted by atomic mass is 9.87. The second-order valence-electron chi connectivity index (χ2n) is 14.0. The summed E-state index contributed by atoms with van der Waals surface area (Å²) in [6, 6.07) is 45.4. The fraction of sp³-hybridized carbons (Fsp3) is 0.174. The highest BCUT2D eigenvalue weighted by atomic mass is 16.3. The van der Waals surface area contributed by atoms with Crippen molar-refractivity contribution in [2.75, 3.05) is 0 Å². The third-order valence-electron chi connectivity index (χ3n) is 10.2. The van der Waals surface area contributed by atoms with Gasteiger partial charge in [-0.25, -0.2) is 4.57 Å². The predicted octanol–water partition coefficient (Wildman–Crippen LogP) is 11.8. The third-order valence-corrected chi connectivity index (χ3v) is 10.2. The van der Waals surface area contributed by atoms with Gasteiger partial charge < -0.3 is 4.42 Å². The molecule has 0 saturated heterocycles. The van der Waals surface area contributed by atoms with Crippen LogP contribution in [0.4, 0.5) is 0 Å². The fourth-order valence-electron chi connectivity index (χ4n) is 7.58. The van der Waals surface area contributed by atoms with Gasteiger partial charge in [0.05, 0.1) is 18.7 Å². The minimum absolute atomic E-state index is 0.262. The van der Waals surface area contributed by atoms with Gasteiger partial charge in [0.25, 0.3) is 5.82 Å². The van der Waals surface area contributed by atoms with Crippen LogP contribution < -0.4 is 4.57 Å². The maximum Gasteiger partial charge on any atom is 0.299 e. The summed E-state index contributed by atoms with van der Waals surface area (Å²) in [6.45, 7) is 11.4. The van der Waals surface area contributed by atoms with Crippen LogP contribution in [0.1, 0.15) is 61.8 Å². The largest absolute Gasteiger partial charge is 0.455 e. The molecule has 2 aromatic heterocycles. The summed E-state index contributed by atoms with van der Waals surface area (Å²) in [6.07, 6.45) is 0. The molecule has 0 aliphatic heterocycles. The molecule has 8 rings (SSSR count). The first-order valence-electron chi connectivity index (χ1n) is 17.4. The number of aryl methyl sites for hydroxylation is 2. The SMILES string of the molecule is Cc1ccc2c(oc3cc(C#N)ccc32)c1-c1n(-c2c(C(C)C)cc(-c3ccc(-c4ccccc4)cc3)cc2C(C)C)c2ccccc2[n+]1C. The van der Waals surface area contributed by atoms with Crippen molar-refractivity contribution in [2.45, 2.75) is 46.5 Å². The van der Waals surface area contributed by atoms with Crippen molar-refractivity contribution in [2.24, 2.45) is 7.05 Å². The zero-order chi connectivity index (χ0) is 34.7. The molecule has 0 saturated carbocycles. The van der Waals surface area contributed by atoms with E-state index in [9.17, 15) is 5.26 Å². The van der Waals surface area contributed by atoms with Crippen LogP contribution in [-0.4, -0.2) is 4.57 Å². The van der Waals surface area contributed by atoms with Gasteiger partial charge in [0.2, 0.25) is 0 Å². The number of nitriles is 1. The lowest BCUT2D eigenvalue weighted by Gasteiger charge is -2.21. The minimum atomic E-state index is 0.262. The van der Waals surface area contributed by atoms with Gasteiger partial charge in [-0.05, 0) is 89.0 Å². The van der Waals surface area contributed by atoms with E-state index in [0.717, 1.165) is 49.9 Å². The number of aromatic nitrogens is 2. The lowest BCUT2D eigenvalue weighted by Crippen LogP contribution is -2.30. The molecule has 50 heavy (non-hydrogen) atoms. The summed E-state index contributed by atoms with van der Waals surface area (Å²) >= 11 is 0. The van der Waals surface area contributed by atoms with Crippen molar-refractivity contribution in [1.82, 2.24) is 4.57 Å². The monoisotopic (exact) mass is 650 g/mol. The van der Waals surface area contributed by atoms with Crippen molar-refractivity contribution >= 4 is 33.0 Å². The fourth-order valence-corrected chi connectivity index (χ4v) is 7.58. The molecule has 0 radical (unpaired) electrons. The number of hydrogen-bond acceptors (Lipinski definition) is 2. The number of nitrogens with zero attached hydrogens (tertiary/aromatic N) is 3. The van der Waals surface area contributed by atoms with Crippen LogP contribution in [0.25, 0.3) is 72.3 Å². The highest BCUT2D eigenvalue weighted by Crippen LogP contribution is 2.43. The van der Waals surface area contributed by atoms with E-state index in [1.807, 2.05) is 18.2 Å². The molecule has 8 aromatic rings. The van der Waals surface area contributed by atoms with Crippen molar-refractivity contribution in [3.8, 4) is 45.4 Å². The zero-order valence-corrected chi connectivity index (χ0v) is 29.5. The highest BCUT2D eigenvalue weighted by Gasteiger charge is 2.34. The number of para-hydroxylation sites is 2. The molecule has 244 valence electrons. The van der Waals surface area contributed by atoms with Crippen molar-refractivity contribution < 1.29 is 8.98 Å². The Bertz CT molecular complexity index is 2580. The summed E-state index contributed by atoms with van der Waals surface area (Å²) in [5.74, 6) is 1.59. The van der Waals surface area contributed by atoms with Crippen molar-refractivity contribution in [3.63, 3.8) is 0 Å². The van der Waals surface area contributed by atoms with Crippen LogP contribution in [0, 0.1) is 18.3 Å². The Morgan fingerprint density at radius 1 is 0.660 bits per heavy atom. The highest BCUT2D eigenvalue weighted by molar-refractivity contribution is 6.10. The van der Waals surface area contributed by atoms with E-state index in [-0.39, 0.29) is 11.8 Å². The number of rotatable bonds is 6. The normalized spacial score (nSPS) is 11.7. The van der Waals surface area contributed by atoms with Gasteiger partial charge in [-0.2, -0.15) is 9.83 Å². The molecule has 0 aliphatic carbocycles. The van der Waals surface area contributed by atoms with E-state index in [1.54, 1.807) is 0 Å². The molecule has 6 aromatic carbocycles. The molecule has 2 heterocycles. The first-order chi connectivity index (χ1) is 24.2. The van der Waals surface area contributed by atoms with Gasteiger partial charge in [0.15, 0.2) is 16.6 Å². The molecule has 0 bridgehead atoms. The van der Waals surface area contributed by atoms with E-state index in [0.29, 0.717) is 5.56 Å². The number of imidazole rings is 1. The third kappa shape index (κ3) is 5.01. The first-order valence-corrected chi connectivity index (χ1v) is 17.4. The molecular formula is C46H40N3O+. The molecule has 0 amide bonds. The number of hydrogen-bond donors (Lipinski definition) is 0. The van der Waals surface area contributed by atoms with E-state index in [4.69, 9.17) is 4.42 Å². The van der Waals surface area contributed by atoms with Gasteiger partial charge in [-0.15, -0.1) is 0 Å². The van der Waals surface area contributed by atoms with Gasteiger partial charge in [-0.1, -0.05) is 107 Å². The average molecular weight is 651 g/mol. The lowest BCUT2D eigenvalue weighted by molar-refractivity contribution is -0.633. The van der Waals surface area contributed by atoms with Gasteiger partial charge in [-0.3, -0.25) is 0 Å². The van der Waals surface area contributed by atoms with Crippen LogP contribution in [0.3, 0.4) is 0 Å². The Morgan fingerprint density at radius 2 is 1.26 bits per heavy atom. The second kappa shape index (κ2) is 12.2. The second-order valence-corrected chi connectivity index (χ2v) is 14.0. The quantitative estimate of drug-likeness (QED) is 0.168. The Hall–Kier alpha value is -5.92. The van der Waals surface area contributed by atoms with Crippen LogP contribution in [-0.2, 0) is 7.05 Å². The minimum Gasteiger partial charge on any atom is -0.455 e. The summed E-state index contributed by atoms with van der Waals surface area (Å²) in [7, 11) is 2.16. The molecule has 0 fully saturated rings. The van der Waals surface area contributed by atoms with E-state index < -0.39 is 0 Å². The number of benzene rings is 6. The smallest absolute Gasteiger partial charge is 0.299 e. The van der Waals surface area contributed by atoms with Crippen molar-refractivity contribution in [3.05, 3.63) is 144 Å². The van der Waals surface area contributed by atoms with Crippen LogP contribution in [0.5, 0.6) is 0 Å². The molecule has 4 heteroatoms. The zero-order valence-electron chi connectivity index (χ0n) is 29.5. The number of fused-ring (bicyclic) bond motifs is 4. The van der Waals surface area contributed by atoms with Gasteiger partial charge >= 0.3 is 0 Å². The van der Waals surface area contributed by atoms with Crippen molar-refractivity contribution in [1.29, 1.82) is 5.26 Å². The van der Waals surface area contributed by atoms with Crippen LogP contribution in [0.15, 0.2) is 126 Å². The molecule has 0 spiro atoms. The number of furan rings is 1. The predicted molar refractivity (Wildman–Crippen MR) is 206 cm³/mol. The van der Waals surface area contributed by atoms with E-state index in [2.05, 4.69) is 160 Å². The molecule has 4 nitrogen and oxygen atoms in total. The molecule has 0 aliphatic rings. The maximum atomic E-state index is 9.62. The summed E-state index contributed by atoms with van der Waals surface area (Å²) in [5.41, 5.74) is 15.3. The Balaban J connectivity index is 1.42. The summed E-state index contributed by atoms with van der Waals surface area (Å²) in [5, 5.41) is 11.7. The molecule has 0 N–H and O–H groups in total. The Labute approximate surface area is 293 Å². The van der Waals surface area contributed by atoms with Gasteiger partial charge in [0, 0.05) is 21.9 Å². The van der Waals surface area contributed by atoms with Crippen LogP contribution in [0.2, 0.25) is 0 Å². The first kappa shape index (κ1) is 31.4. The van der Waals surface area contributed by atoms with Gasteiger partial charge in [0.1, 0.15) is 16.8 Å². The molecule has 0 atom stereocenters.